The number of hydrogen-bond donors (Lipinski definition) is 1. The van der Waals surface area contributed by atoms with Gasteiger partial charge in [0.15, 0.2) is 11.5 Å². The van der Waals surface area contributed by atoms with E-state index in [0.717, 1.165) is 0 Å². The zero-order valence-corrected chi connectivity index (χ0v) is 8.44. The Morgan fingerprint density at radius 3 is 2.73 bits per heavy atom. The summed E-state index contributed by atoms with van der Waals surface area (Å²) in [6.07, 6.45) is 3.14. The van der Waals surface area contributed by atoms with Crippen LogP contribution in [-0.4, -0.2) is 25.4 Å². The van der Waals surface area contributed by atoms with Crippen molar-refractivity contribution in [2.24, 2.45) is 0 Å². The van der Waals surface area contributed by atoms with E-state index in [1.54, 1.807) is 12.1 Å². The molecule has 0 amide bonds. The van der Waals surface area contributed by atoms with Crippen molar-refractivity contribution >= 4 is 0 Å². The molecule has 0 aromatic heterocycles. The van der Waals surface area contributed by atoms with Crippen LogP contribution in [0.15, 0.2) is 30.4 Å². The maximum absolute atomic E-state index is 13.5. The van der Waals surface area contributed by atoms with Gasteiger partial charge in [-0.3, -0.25) is 0 Å². The standard InChI is InChI=1S/C11H13FO3/c1-14-9-5-4-6-10(11(9)12)15-8-3-2-7-13/h2-6,13H,7-8H2,1H3/b3-2+/i12+0. The van der Waals surface area contributed by atoms with Gasteiger partial charge in [-0.15, -0.1) is 0 Å². The Balaban J connectivity index is 2.64. The number of aliphatic hydroxyl groups excluding tert-OH is 1. The van der Waals surface area contributed by atoms with Crippen LogP contribution >= 0.6 is 0 Å². The first-order chi connectivity index (χ1) is 7.29. The first-order valence-electron chi connectivity index (χ1n) is 4.50. The SMILES string of the molecule is COc1cccc(OC/C=C/CO)c1[19F]. The lowest BCUT2D eigenvalue weighted by Crippen LogP contribution is -1.98. The second kappa shape index (κ2) is 6.03. The summed E-state index contributed by atoms with van der Waals surface area (Å²) in [6, 6.07) is 4.68. The Kier molecular flexibility index (Phi) is 4.63. The lowest BCUT2D eigenvalue weighted by Gasteiger charge is -2.07. The zero-order valence-electron chi connectivity index (χ0n) is 8.44. The predicted molar refractivity (Wildman–Crippen MR) is 54.7 cm³/mol. The molecule has 0 bridgehead atoms. The summed E-state index contributed by atoms with van der Waals surface area (Å²) in [5.41, 5.74) is 0. The van der Waals surface area contributed by atoms with Crippen LogP contribution in [-0.2, 0) is 0 Å². The van der Waals surface area contributed by atoms with Crippen molar-refractivity contribution in [1.29, 1.82) is 0 Å². The third kappa shape index (κ3) is 3.25. The summed E-state index contributed by atoms with van der Waals surface area (Å²) in [6.45, 7) is 0.161. The van der Waals surface area contributed by atoms with Crippen LogP contribution in [0.5, 0.6) is 11.5 Å². The van der Waals surface area contributed by atoms with E-state index in [-0.39, 0.29) is 24.7 Å². The molecule has 0 fully saturated rings. The minimum absolute atomic E-state index is 0.0516. The first-order valence-corrected chi connectivity index (χ1v) is 4.50. The molecule has 0 radical (unpaired) electrons. The van der Waals surface area contributed by atoms with Crippen LogP contribution in [0.4, 0.5) is 4.39 Å². The maximum atomic E-state index is 13.5. The van der Waals surface area contributed by atoms with Gasteiger partial charge in [0, 0.05) is 0 Å². The van der Waals surface area contributed by atoms with E-state index >= 15 is 0 Å². The van der Waals surface area contributed by atoms with E-state index in [2.05, 4.69) is 0 Å². The molecule has 0 unspecified atom stereocenters. The Hall–Kier alpha value is -1.55. The second-order valence-corrected chi connectivity index (χ2v) is 2.74. The largest absolute Gasteiger partial charge is 0.494 e. The molecule has 0 spiro atoms. The molecule has 3 nitrogen and oxygen atoms in total. The van der Waals surface area contributed by atoms with Gasteiger partial charge in [-0.05, 0) is 18.2 Å². The molecule has 0 aliphatic carbocycles. The third-order valence-corrected chi connectivity index (χ3v) is 1.75. The highest BCUT2D eigenvalue weighted by Gasteiger charge is 2.08. The van der Waals surface area contributed by atoms with Crippen LogP contribution in [0.2, 0.25) is 0 Å². The number of hydrogen-bond acceptors (Lipinski definition) is 3. The zero-order chi connectivity index (χ0) is 11.1. The van der Waals surface area contributed by atoms with Crippen molar-refractivity contribution in [3.8, 4) is 11.5 Å². The molecule has 1 aromatic carbocycles. The van der Waals surface area contributed by atoms with Gasteiger partial charge < -0.3 is 14.6 Å². The highest BCUT2D eigenvalue weighted by atomic mass is 19.1. The molecule has 1 aromatic rings. The molecule has 15 heavy (non-hydrogen) atoms. The Labute approximate surface area is 87.8 Å². The predicted octanol–water partition coefficient (Wildman–Crippen LogP) is 1.76. The molecule has 1 N–H and O–H groups in total. The van der Waals surface area contributed by atoms with Crippen molar-refractivity contribution in [2.45, 2.75) is 0 Å². The quantitative estimate of drug-likeness (QED) is 0.756. The average Bonchev–Trinajstić information content (AvgIpc) is 2.26. The highest BCUT2D eigenvalue weighted by Crippen LogP contribution is 2.25. The summed E-state index contributed by atoms with van der Waals surface area (Å²) >= 11 is 0. The van der Waals surface area contributed by atoms with Crippen molar-refractivity contribution in [3.63, 3.8) is 0 Å². The number of benzene rings is 1. The number of aliphatic hydroxyl groups is 1. The molecular weight excluding hydrogens is 199 g/mol. The summed E-state index contributed by atoms with van der Waals surface area (Å²) in [5, 5.41) is 8.46. The Morgan fingerprint density at radius 1 is 1.33 bits per heavy atom. The molecule has 82 valence electrons. The molecule has 1 rings (SSSR count). The summed E-state index contributed by atoms with van der Waals surface area (Å²) < 4.78 is 23.4. The van der Waals surface area contributed by atoms with Gasteiger partial charge in [-0.25, -0.2) is 0 Å². The second-order valence-electron chi connectivity index (χ2n) is 2.74. The minimum Gasteiger partial charge on any atom is -0.494 e. The molecule has 0 aliphatic heterocycles. The third-order valence-electron chi connectivity index (χ3n) is 1.75. The van der Waals surface area contributed by atoms with Gasteiger partial charge in [0.2, 0.25) is 5.82 Å². The van der Waals surface area contributed by atoms with Crippen LogP contribution in [0.1, 0.15) is 0 Å². The van der Waals surface area contributed by atoms with Gasteiger partial charge in [0.1, 0.15) is 6.61 Å². The maximum Gasteiger partial charge on any atom is 0.206 e. The van der Waals surface area contributed by atoms with Crippen molar-refractivity contribution < 1.29 is 19.0 Å². The molecule has 0 saturated carbocycles. The van der Waals surface area contributed by atoms with Gasteiger partial charge in [-0.2, -0.15) is 4.39 Å². The minimum atomic E-state index is -0.516. The number of ether oxygens (including phenoxy) is 2. The van der Waals surface area contributed by atoms with Crippen LogP contribution < -0.4 is 9.47 Å². The van der Waals surface area contributed by atoms with Gasteiger partial charge in [0.05, 0.1) is 13.7 Å². The molecular formula is C11H13FO3. The van der Waals surface area contributed by atoms with Crippen LogP contribution in [0.3, 0.4) is 0 Å². The van der Waals surface area contributed by atoms with E-state index in [0.29, 0.717) is 0 Å². The van der Waals surface area contributed by atoms with Gasteiger partial charge >= 0.3 is 0 Å². The molecule has 0 saturated heterocycles. The monoisotopic (exact) mass is 212 g/mol. The molecule has 0 heterocycles. The van der Waals surface area contributed by atoms with Crippen molar-refractivity contribution in [2.75, 3.05) is 20.3 Å². The topological polar surface area (TPSA) is 38.7 Å². The lowest BCUT2D eigenvalue weighted by molar-refractivity contribution is 0.319. The normalized spacial score (nSPS) is 10.6. The number of rotatable bonds is 5. The number of halogens is 1. The van der Waals surface area contributed by atoms with E-state index in [4.69, 9.17) is 14.6 Å². The van der Waals surface area contributed by atoms with Crippen molar-refractivity contribution in [1.82, 2.24) is 0 Å². The molecule has 0 aliphatic rings. The van der Waals surface area contributed by atoms with Crippen LogP contribution in [0, 0.1) is 5.82 Å². The van der Waals surface area contributed by atoms with E-state index in [1.807, 2.05) is 0 Å². The Morgan fingerprint density at radius 2 is 2.07 bits per heavy atom. The summed E-state index contributed by atoms with van der Waals surface area (Å²) in [7, 11) is 1.40. The van der Waals surface area contributed by atoms with Crippen LogP contribution in [0.25, 0.3) is 0 Å². The van der Waals surface area contributed by atoms with Gasteiger partial charge in [0.25, 0.3) is 0 Å². The average molecular weight is 212 g/mol. The molecule has 4 heteroatoms. The van der Waals surface area contributed by atoms with Crippen molar-refractivity contribution in [3.05, 3.63) is 36.2 Å². The summed E-state index contributed by atoms with van der Waals surface area (Å²) in [4.78, 5) is 0. The Bertz CT molecular complexity index is 337. The van der Waals surface area contributed by atoms with Gasteiger partial charge in [-0.1, -0.05) is 12.1 Å². The lowest BCUT2D eigenvalue weighted by atomic mass is 10.3. The fourth-order valence-corrected chi connectivity index (χ4v) is 1.04. The van der Waals surface area contributed by atoms with E-state index in [9.17, 15) is 4.39 Å². The fourth-order valence-electron chi connectivity index (χ4n) is 1.04. The van der Waals surface area contributed by atoms with E-state index < -0.39 is 5.82 Å². The smallest absolute Gasteiger partial charge is 0.206 e. The first kappa shape index (κ1) is 11.5. The highest BCUT2D eigenvalue weighted by molar-refractivity contribution is 5.35. The summed E-state index contributed by atoms with van der Waals surface area (Å²) in [5.74, 6) is -0.229. The van der Waals surface area contributed by atoms with E-state index in [1.165, 1.54) is 25.3 Å². The molecule has 0 atom stereocenters. The fraction of sp³-hybridized carbons (Fsp3) is 0.273. The number of methoxy groups -OCH3 is 1.